The number of nitrogens with two attached hydrogens (primary N) is 1. The summed E-state index contributed by atoms with van der Waals surface area (Å²) >= 11 is 1.61. The average Bonchev–Trinajstić information content (AvgIpc) is 2.99. The Hall–Kier alpha value is -1.99. The first-order valence-electron chi connectivity index (χ1n) is 8.68. The second kappa shape index (κ2) is 6.38. The van der Waals surface area contributed by atoms with Crippen molar-refractivity contribution >= 4 is 34.4 Å². The highest BCUT2D eigenvalue weighted by Crippen LogP contribution is 2.34. The van der Waals surface area contributed by atoms with Gasteiger partial charge in [0.05, 0.1) is 16.1 Å². The first kappa shape index (κ1) is 16.5. The van der Waals surface area contributed by atoms with Gasteiger partial charge in [-0.15, -0.1) is 11.8 Å². The molecule has 1 fully saturated rings. The van der Waals surface area contributed by atoms with E-state index in [2.05, 4.69) is 27.1 Å². The van der Waals surface area contributed by atoms with Crippen molar-refractivity contribution < 1.29 is 4.79 Å². The van der Waals surface area contributed by atoms with Crippen molar-refractivity contribution in [1.29, 1.82) is 0 Å². The maximum atomic E-state index is 12.7. The van der Waals surface area contributed by atoms with Crippen molar-refractivity contribution in [1.82, 2.24) is 15.3 Å². The SMILES string of the molecule is Cc1c[nH]c2nccc(N3C=C(C(=O)NC4(CN)CCC4)SCC3)c12. The molecule has 0 spiro atoms. The van der Waals surface area contributed by atoms with E-state index in [1.807, 2.05) is 18.5 Å². The number of carbonyl (C=O) groups excluding carboxylic acids is 1. The Morgan fingerprint density at radius 3 is 3.08 bits per heavy atom. The molecule has 0 bridgehead atoms. The summed E-state index contributed by atoms with van der Waals surface area (Å²) in [5.74, 6) is 0.873. The predicted octanol–water partition coefficient (Wildman–Crippen LogP) is 2.26. The van der Waals surface area contributed by atoms with Crippen LogP contribution in [0.2, 0.25) is 0 Å². The van der Waals surface area contributed by atoms with Gasteiger partial charge >= 0.3 is 0 Å². The quantitative estimate of drug-likeness (QED) is 0.781. The van der Waals surface area contributed by atoms with Crippen LogP contribution in [0.5, 0.6) is 0 Å². The number of anilines is 1. The lowest BCUT2D eigenvalue weighted by Crippen LogP contribution is -2.58. The van der Waals surface area contributed by atoms with Crippen molar-refractivity contribution in [3.05, 3.63) is 35.1 Å². The molecule has 6 nitrogen and oxygen atoms in total. The van der Waals surface area contributed by atoms with Crippen molar-refractivity contribution in [2.45, 2.75) is 31.7 Å². The Balaban J connectivity index is 1.62. The number of H-pyrrole nitrogens is 1. The number of nitrogens with one attached hydrogen (secondary N) is 2. The van der Waals surface area contributed by atoms with Crippen LogP contribution in [-0.2, 0) is 4.79 Å². The number of hydrogen-bond acceptors (Lipinski definition) is 5. The second-order valence-corrected chi connectivity index (χ2v) is 7.99. The van der Waals surface area contributed by atoms with Gasteiger partial charge in [0, 0.05) is 42.8 Å². The molecule has 0 unspecified atom stereocenters. The fourth-order valence-electron chi connectivity index (χ4n) is 3.54. The zero-order chi connectivity index (χ0) is 17.4. The monoisotopic (exact) mass is 357 g/mol. The molecule has 1 aliphatic heterocycles. The van der Waals surface area contributed by atoms with E-state index in [0.717, 1.165) is 58.7 Å². The molecule has 1 amide bonds. The molecule has 132 valence electrons. The molecule has 2 aliphatic rings. The van der Waals surface area contributed by atoms with E-state index in [0.29, 0.717) is 6.54 Å². The Bertz CT molecular complexity index is 834. The van der Waals surface area contributed by atoms with Crippen molar-refractivity contribution in [3.8, 4) is 0 Å². The molecule has 1 saturated carbocycles. The number of pyridine rings is 1. The molecule has 4 N–H and O–H groups in total. The summed E-state index contributed by atoms with van der Waals surface area (Å²) in [6, 6.07) is 2.01. The van der Waals surface area contributed by atoms with Gasteiger partial charge in [0.15, 0.2) is 0 Å². The minimum absolute atomic E-state index is 0.00376. The maximum Gasteiger partial charge on any atom is 0.259 e. The van der Waals surface area contributed by atoms with Crippen LogP contribution in [0.3, 0.4) is 0 Å². The Morgan fingerprint density at radius 2 is 2.36 bits per heavy atom. The van der Waals surface area contributed by atoms with E-state index in [4.69, 9.17) is 5.73 Å². The van der Waals surface area contributed by atoms with Crippen LogP contribution in [-0.4, -0.2) is 40.3 Å². The topological polar surface area (TPSA) is 87.0 Å². The Labute approximate surface area is 151 Å². The molecule has 0 aromatic carbocycles. The molecule has 2 aromatic rings. The summed E-state index contributed by atoms with van der Waals surface area (Å²) in [5.41, 5.74) is 8.81. The number of aromatic amines is 1. The maximum absolute atomic E-state index is 12.7. The van der Waals surface area contributed by atoms with E-state index in [1.165, 1.54) is 0 Å². The number of aryl methyl sites for hydroxylation is 1. The fourth-order valence-corrected chi connectivity index (χ4v) is 4.43. The van der Waals surface area contributed by atoms with Crippen molar-refractivity contribution in [3.63, 3.8) is 0 Å². The number of nitrogens with zero attached hydrogens (tertiary/aromatic N) is 2. The summed E-state index contributed by atoms with van der Waals surface area (Å²) in [6.07, 6.45) is 8.83. The summed E-state index contributed by atoms with van der Waals surface area (Å²) in [7, 11) is 0. The van der Waals surface area contributed by atoms with Crippen LogP contribution < -0.4 is 16.0 Å². The van der Waals surface area contributed by atoms with E-state index < -0.39 is 0 Å². The fraction of sp³-hybridized carbons (Fsp3) is 0.444. The lowest BCUT2D eigenvalue weighted by molar-refractivity contribution is -0.119. The average molecular weight is 357 g/mol. The summed E-state index contributed by atoms with van der Waals surface area (Å²) in [5, 5.41) is 4.28. The van der Waals surface area contributed by atoms with Crippen LogP contribution in [0, 0.1) is 6.92 Å². The van der Waals surface area contributed by atoms with Gasteiger partial charge in [-0.3, -0.25) is 4.79 Å². The van der Waals surface area contributed by atoms with E-state index in [-0.39, 0.29) is 11.4 Å². The van der Waals surface area contributed by atoms with Crippen LogP contribution >= 0.6 is 11.8 Å². The molecular weight excluding hydrogens is 334 g/mol. The highest BCUT2D eigenvalue weighted by Gasteiger charge is 2.37. The molecule has 0 atom stereocenters. The zero-order valence-electron chi connectivity index (χ0n) is 14.3. The lowest BCUT2D eigenvalue weighted by Gasteiger charge is -2.42. The van der Waals surface area contributed by atoms with Gasteiger partial charge in [0.1, 0.15) is 5.65 Å². The van der Waals surface area contributed by atoms with Crippen LogP contribution in [0.15, 0.2) is 29.6 Å². The standard InChI is InChI=1S/C18H23N5OS/c1-12-9-21-16-15(12)13(3-6-20-16)23-7-8-25-14(10-23)17(24)22-18(11-19)4-2-5-18/h3,6,9-10H,2,4-5,7-8,11,19H2,1H3,(H,20,21)(H,22,24). The minimum Gasteiger partial charge on any atom is -0.346 e. The molecule has 2 aromatic heterocycles. The van der Waals surface area contributed by atoms with E-state index in [1.54, 1.807) is 18.0 Å². The number of hydrogen-bond donors (Lipinski definition) is 3. The van der Waals surface area contributed by atoms with Crippen LogP contribution in [0.4, 0.5) is 5.69 Å². The number of aromatic nitrogens is 2. The molecule has 7 heteroatoms. The second-order valence-electron chi connectivity index (χ2n) is 6.85. The smallest absolute Gasteiger partial charge is 0.259 e. The number of amides is 1. The Kier molecular flexibility index (Phi) is 4.21. The molecular formula is C18H23N5OS. The number of rotatable bonds is 4. The number of carbonyl (C=O) groups is 1. The summed E-state index contributed by atoms with van der Waals surface area (Å²) in [4.78, 5) is 23.2. The van der Waals surface area contributed by atoms with Gasteiger partial charge in [-0.1, -0.05) is 0 Å². The summed E-state index contributed by atoms with van der Waals surface area (Å²) in [6.45, 7) is 3.45. The van der Waals surface area contributed by atoms with Crippen LogP contribution in [0.25, 0.3) is 11.0 Å². The first-order chi connectivity index (χ1) is 12.1. The van der Waals surface area contributed by atoms with Gasteiger partial charge in [-0.25, -0.2) is 4.98 Å². The zero-order valence-corrected chi connectivity index (χ0v) is 15.2. The van der Waals surface area contributed by atoms with Crippen molar-refractivity contribution in [2.75, 3.05) is 23.7 Å². The van der Waals surface area contributed by atoms with Gasteiger partial charge in [-0.05, 0) is 37.8 Å². The Morgan fingerprint density at radius 1 is 1.52 bits per heavy atom. The van der Waals surface area contributed by atoms with Gasteiger partial charge in [0.25, 0.3) is 5.91 Å². The third-order valence-electron chi connectivity index (χ3n) is 5.22. The van der Waals surface area contributed by atoms with Gasteiger partial charge < -0.3 is 20.9 Å². The largest absolute Gasteiger partial charge is 0.346 e. The molecule has 4 rings (SSSR count). The van der Waals surface area contributed by atoms with Gasteiger partial charge in [0.2, 0.25) is 0 Å². The van der Waals surface area contributed by atoms with Crippen LogP contribution in [0.1, 0.15) is 24.8 Å². The van der Waals surface area contributed by atoms with Gasteiger partial charge in [-0.2, -0.15) is 0 Å². The van der Waals surface area contributed by atoms with E-state index >= 15 is 0 Å². The molecule has 0 radical (unpaired) electrons. The summed E-state index contributed by atoms with van der Waals surface area (Å²) < 4.78 is 0. The predicted molar refractivity (Wildman–Crippen MR) is 102 cm³/mol. The first-order valence-corrected chi connectivity index (χ1v) is 9.67. The number of fused-ring (bicyclic) bond motifs is 1. The highest BCUT2D eigenvalue weighted by molar-refractivity contribution is 8.04. The third-order valence-corrected chi connectivity index (χ3v) is 6.21. The molecule has 1 aliphatic carbocycles. The molecule has 3 heterocycles. The number of thioether (sulfide) groups is 1. The molecule has 0 saturated heterocycles. The molecule has 25 heavy (non-hydrogen) atoms. The minimum atomic E-state index is -0.193. The third kappa shape index (κ3) is 2.91. The lowest BCUT2D eigenvalue weighted by atomic mass is 9.77. The van der Waals surface area contributed by atoms with E-state index in [9.17, 15) is 4.79 Å². The van der Waals surface area contributed by atoms with Crippen molar-refractivity contribution in [2.24, 2.45) is 5.73 Å². The normalized spacial score (nSPS) is 19.4. The highest BCUT2D eigenvalue weighted by atomic mass is 32.2.